The van der Waals surface area contributed by atoms with Crippen molar-refractivity contribution in [2.24, 2.45) is 5.41 Å². The summed E-state index contributed by atoms with van der Waals surface area (Å²) in [7, 11) is 0. The number of nitrogens with one attached hydrogen (secondary N) is 2. The van der Waals surface area contributed by atoms with Gasteiger partial charge in [0.1, 0.15) is 18.6 Å². The highest BCUT2D eigenvalue weighted by Gasteiger charge is 2.43. The summed E-state index contributed by atoms with van der Waals surface area (Å²) in [5.41, 5.74) is -0.550. The number of hydrogen-bond donors (Lipinski definition) is 3. The maximum Gasteiger partial charge on any atom is 0.305 e. The van der Waals surface area contributed by atoms with Gasteiger partial charge in [-0.05, 0) is 59.5 Å². The molecule has 3 amide bonds. The smallest absolute Gasteiger partial charge is 0.305 e. The number of likely N-dealkylation sites (tertiary alicyclic amines) is 1. The molecule has 1 aromatic heterocycles. The Morgan fingerprint density at radius 1 is 1.22 bits per heavy atom. The third-order valence-corrected chi connectivity index (χ3v) is 8.70. The summed E-state index contributed by atoms with van der Waals surface area (Å²) in [4.78, 5) is 65.1. The van der Waals surface area contributed by atoms with E-state index in [0.717, 1.165) is 16.4 Å². The van der Waals surface area contributed by atoms with Crippen LogP contribution >= 0.6 is 35.0 Å². The molecule has 1 aromatic carbocycles. The normalized spacial score (nSPS) is 18.2. The zero-order valence-corrected chi connectivity index (χ0v) is 25.2. The average molecular weight is 629 g/mol. The summed E-state index contributed by atoms with van der Waals surface area (Å²) in [5.74, 6) is -3.51. The number of aromatic nitrogens is 4. The summed E-state index contributed by atoms with van der Waals surface area (Å²) in [6.45, 7) is 6.33. The second kappa shape index (κ2) is 13.6. The molecule has 0 radical (unpaired) electrons. The highest BCUT2D eigenvalue weighted by Crippen LogP contribution is 2.37. The van der Waals surface area contributed by atoms with Crippen molar-refractivity contribution in [1.82, 2.24) is 35.7 Å². The quantitative estimate of drug-likeness (QED) is 0.334. The van der Waals surface area contributed by atoms with Crippen LogP contribution < -0.4 is 10.6 Å². The number of Topliss-reactive ketones (excluding diaryl/α,β-unsaturated/α-hetero) is 1. The number of benzene rings is 1. The molecule has 0 bridgehead atoms. The van der Waals surface area contributed by atoms with Crippen molar-refractivity contribution in [1.29, 1.82) is 0 Å². The fourth-order valence-corrected chi connectivity index (χ4v) is 5.88. The molecule has 222 valence electrons. The monoisotopic (exact) mass is 627 g/mol. The number of rotatable bonds is 11. The molecule has 3 atom stereocenters. The Morgan fingerprint density at radius 2 is 1.88 bits per heavy atom. The number of ketones is 1. The highest BCUT2D eigenvalue weighted by atomic mass is 35.5. The van der Waals surface area contributed by atoms with Crippen molar-refractivity contribution in [3.05, 3.63) is 28.2 Å². The molecular weight excluding hydrogens is 597 g/mol. The predicted octanol–water partition coefficient (Wildman–Crippen LogP) is 2.20. The zero-order valence-electron chi connectivity index (χ0n) is 22.9. The molecule has 16 heteroatoms. The second-order valence-electron chi connectivity index (χ2n) is 10.3. The molecule has 13 nitrogen and oxygen atoms in total. The molecule has 41 heavy (non-hydrogen) atoms. The van der Waals surface area contributed by atoms with E-state index in [2.05, 4.69) is 26.2 Å². The van der Waals surface area contributed by atoms with Gasteiger partial charge >= 0.3 is 5.97 Å². The van der Waals surface area contributed by atoms with Gasteiger partial charge in [-0.3, -0.25) is 24.0 Å². The van der Waals surface area contributed by atoms with E-state index >= 15 is 0 Å². The molecule has 1 aliphatic rings. The first-order valence-electron chi connectivity index (χ1n) is 12.7. The first kappa shape index (κ1) is 32.3. The van der Waals surface area contributed by atoms with E-state index in [1.54, 1.807) is 18.2 Å². The fraction of sp³-hybridized carbons (Fsp3) is 0.520. The van der Waals surface area contributed by atoms with Crippen LogP contribution in [0.5, 0.6) is 0 Å². The van der Waals surface area contributed by atoms with E-state index in [0.29, 0.717) is 27.8 Å². The van der Waals surface area contributed by atoms with E-state index in [-0.39, 0.29) is 17.6 Å². The molecule has 3 N–H and O–H groups in total. The minimum atomic E-state index is -1.43. The zero-order chi connectivity index (χ0) is 30.5. The summed E-state index contributed by atoms with van der Waals surface area (Å²) >= 11 is 13.5. The molecule has 2 aromatic rings. The van der Waals surface area contributed by atoms with Gasteiger partial charge < -0.3 is 20.6 Å². The van der Waals surface area contributed by atoms with Gasteiger partial charge in [-0.2, -0.15) is 0 Å². The molecule has 0 aliphatic carbocycles. The number of carbonyl (C=O) groups excluding carboxylic acids is 4. The lowest BCUT2D eigenvalue weighted by atomic mass is 9.80. The van der Waals surface area contributed by atoms with Gasteiger partial charge in [0.25, 0.3) is 0 Å². The number of halogens is 2. The van der Waals surface area contributed by atoms with Gasteiger partial charge in [0, 0.05) is 13.5 Å². The average Bonchev–Trinajstić information content (AvgIpc) is 3.27. The van der Waals surface area contributed by atoms with Crippen LogP contribution in [0, 0.1) is 5.41 Å². The Balaban J connectivity index is 1.76. The third-order valence-electron chi connectivity index (χ3n) is 6.73. The van der Waals surface area contributed by atoms with Crippen molar-refractivity contribution in [3.63, 3.8) is 0 Å². The lowest BCUT2D eigenvalue weighted by Gasteiger charge is -2.35. The van der Waals surface area contributed by atoms with E-state index in [1.807, 2.05) is 13.8 Å². The Morgan fingerprint density at radius 3 is 2.49 bits per heavy atom. The molecule has 3 rings (SSSR count). The lowest BCUT2D eigenvalue weighted by molar-refractivity contribution is -0.145. The van der Waals surface area contributed by atoms with Crippen LogP contribution in [-0.2, 0) is 30.5 Å². The highest BCUT2D eigenvalue weighted by molar-refractivity contribution is 7.99. The van der Waals surface area contributed by atoms with Crippen LogP contribution in [-0.4, -0.2) is 84.4 Å². The van der Waals surface area contributed by atoms with Crippen molar-refractivity contribution in [2.75, 3.05) is 6.54 Å². The molecule has 1 unspecified atom stereocenters. The third kappa shape index (κ3) is 8.17. The van der Waals surface area contributed by atoms with E-state index in [4.69, 9.17) is 23.2 Å². The molecule has 2 heterocycles. The van der Waals surface area contributed by atoms with Gasteiger partial charge in [0.05, 0.1) is 27.4 Å². The maximum atomic E-state index is 13.4. The predicted molar refractivity (Wildman–Crippen MR) is 149 cm³/mol. The van der Waals surface area contributed by atoms with Crippen LogP contribution in [0.15, 0.2) is 28.3 Å². The number of hydrogen-bond acceptors (Lipinski definition) is 9. The Labute approximate surface area is 250 Å². The van der Waals surface area contributed by atoms with Gasteiger partial charge in [-0.15, -0.1) is 5.10 Å². The largest absolute Gasteiger partial charge is 0.481 e. The maximum absolute atomic E-state index is 13.4. The second-order valence-corrected chi connectivity index (χ2v) is 12.1. The van der Waals surface area contributed by atoms with Gasteiger partial charge in [-0.25, -0.2) is 4.68 Å². The number of carbonyl (C=O) groups is 5. The van der Waals surface area contributed by atoms with Crippen molar-refractivity contribution in [3.8, 4) is 0 Å². The summed E-state index contributed by atoms with van der Waals surface area (Å²) in [6, 6.07) is 1.60. The number of tetrazole rings is 1. The molecule has 1 saturated heterocycles. The van der Waals surface area contributed by atoms with Crippen LogP contribution in [0.4, 0.5) is 0 Å². The summed E-state index contributed by atoms with van der Waals surface area (Å²) in [6.07, 6.45) is 0.507. The van der Waals surface area contributed by atoms with Crippen LogP contribution in [0.1, 0.15) is 47.0 Å². The SMILES string of the molecule is CC(=O)N[C@@H]1C(=O)N([C@@H](C)C(=O)NC(CC(=O)O)C(=O)Cn2nnnc2Sc2c(Cl)cccc2Cl)CCCC1(C)C. The van der Waals surface area contributed by atoms with Gasteiger partial charge in [0.15, 0.2) is 5.78 Å². The van der Waals surface area contributed by atoms with Crippen LogP contribution in [0.2, 0.25) is 10.0 Å². The van der Waals surface area contributed by atoms with Crippen LogP contribution in [0.25, 0.3) is 0 Å². The standard InChI is InChI=1S/C25H31Cl2N7O6S/c1-13(33-10-6-9-25(3,4)21(23(33)40)28-14(2)35)22(39)29-17(11-19(37)38)18(36)12-34-24(30-31-32-34)41-20-15(26)7-5-8-16(20)27/h5,7-8,13,17,21H,6,9-12H2,1-4H3,(H,28,35)(H,29,39)(H,37,38)/t13-,17?,21+/m0/s1. The molecule has 0 spiro atoms. The minimum Gasteiger partial charge on any atom is -0.481 e. The number of carboxylic acids is 1. The molecular formula is C25H31Cl2N7O6S. The van der Waals surface area contributed by atoms with Crippen molar-refractivity contribution < 1.29 is 29.1 Å². The number of aliphatic carboxylic acids is 1. The Kier molecular flexibility index (Phi) is 10.7. The minimum absolute atomic E-state index is 0.170. The van der Waals surface area contributed by atoms with Gasteiger partial charge in [-0.1, -0.05) is 43.1 Å². The van der Waals surface area contributed by atoms with E-state index in [1.165, 1.54) is 18.7 Å². The molecule has 1 aliphatic heterocycles. The Hall–Kier alpha value is -3.23. The lowest BCUT2D eigenvalue weighted by Crippen LogP contribution is -2.58. The first-order chi connectivity index (χ1) is 19.2. The number of nitrogens with zero attached hydrogens (tertiary/aromatic N) is 5. The molecule has 0 saturated carbocycles. The topological polar surface area (TPSA) is 176 Å². The number of carboxylic acid groups (broad SMARTS) is 1. The molecule has 1 fully saturated rings. The number of amides is 3. The Bertz CT molecular complexity index is 1320. The van der Waals surface area contributed by atoms with Crippen molar-refractivity contribution in [2.45, 2.75) is 81.7 Å². The van der Waals surface area contributed by atoms with Crippen LogP contribution in [0.3, 0.4) is 0 Å². The van der Waals surface area contributed by atoms with Crippen molar-refractivity contribution >= 4 is 64.4 Å². The van der Waals surface area contributed by atoms with E-state index < -0.39 is 60.1 Å². The van der Waals surface area contributed by atoms with E-state index in [9.17, 15) is 29.1 Å². The van der Waals surface area contributed by atoms with Gasteiger partial charge in [0.2, 0.25) is 22.9 Å². The summed E-state index contributed by atoms with van der Waals surface area (Å²) in [5, 5.41) is 26.8. The fourth-order valence-electron chi connectivity index (χ4n) is 4.46. The summed E-state index contributed by atoms with van der Waals surface area (Å²) < 4.78 is 1.15. The first-order valence-corrected chi connectivity index (χ1v) is 14.3.